The SMILES string of the molecule is COCCn1c(=NC(=O)c2cccs2)c(C#N)cc2c(=O)n3cccc(C)c3nc21. The standard InChI is InChI=1S/C21H17N5O3S/c1-13-5-3-7-26-17(13)23-19-15(21(26)28)11-14(12-22)18(25(19)8-9-29-2)24-20(27)16-6-4-10-30-16/h3-7,10-11H,8-9H2,1-2H3. The third-order valence-electron chi connectivity index (χ3n) is 4.68. The predicted octanol–water partition coefficient (Wildman–Crippen LogP) is 2.28. The molecule has 0 saturated carbocycles. The number of hydrogen-bond donors (Lipinski definition) is 0. The van der Waals surface area contributed by atoms with E-state index in [0.29, 0.717) is 22.8 Å². The smallest absolute Gasteiger partial charge is 0.289 e. The lowest BCUT2D eigenvalue weighted by Gasteiger charge is -2.13. The van der Waals surface area contributed by atoms with Crippen LogP contribution in [-0.4, -0.2) is 33.6 Å². The minimum atomic E-state index is -0.458. The number of carbonyl (C=O) groups excluding carboxylic acids is 1. The van der Waals surface area contributed by atoms with Gasteiger partial charge in [-0.3, -0.25) is 14.0 Å². The number of rotatable bonds is 4. The summed E-state index contributed by atoms with van der Waals surface area (Å²) in [5, 5.41) is 11.8. The number of aryl methyl sites for hydroxylation is 1. The average molecular weight is 419 g/mol. The van der Waals surface area contributed by atoms with E-state index in [9.17, 15) is 14.9 Å². The van der Waals surface area contributed by atoms with Crippen LogP contribution in [0.5, 0.6) is 0 Å². The summed E-state index contributed by atoms with van der Waals surface area (Å²) in [7, 11) is 1.55. The fourth-order valence-electron chi connectivity index (χ4n) is 3.24. The Kier molecular flexibility index (Phi) is 5.27. The van der Waals surface area contributed by atoms with Crippen molar-refractivity contribution in [2.45, 2.75) is 13.5 Å². The number of methoxy groups -OCH3 is 1. The molecule has 0 spiro atoms. The van der Waals surface area contributed by atoms with Crippen LogP contribution in [0.3, 0.4) is 0 Å². The van der Waals surface area contributed by atoms with Gasteiger partial charge in [-0.25, -0.2) is 4.98 Å². The summed E-state index contributed by atoms with van der Waals surface area (Å²) in [6, 6.07) is 10.6. The third kappa shape index (κ3) is 3.32. The number of carbonyl (C=O) groups is 1. The number of hydrogen-bond acceptors (Lipinski definition) is 6. The molecule has 0 saturated heterocycles. The minimum absolute atomic E-state index is 0.120. The zero-order valence-corrected chi connectivity index (χ0v) is 17.1. The number of pyridine rings is 2. The van der Waals surface area contributed by atoms with E-state index in [1.165, 1.54) is 21.8 Å². The van der Waals surface area contributed by atoms with Crippen molar-refractivity contribution in [1.82, 2.24) is 14.0 Å². The highest BCUT2D eigenvalue weighted by atomic mass is 32.1. The number of nitriles is 1. The van der Waals surface area contributed by atoms with Gasteiger partial charge in [0.2, 0.25) is 0 Å². The summed E-state index contributed by atoms with van der Waals surface area (Å²) < 4.78 is 8.26. The van der Waals surface area contributed by atoms with Crippen LogP contribution in [0, 0.1) is 18.3 Å². The molecule has 4 aromatic rings. The van der Waals surface area contributed by atoms with Gasteiger partial charge in [0.1, 0.15) is 17.4 Å². The molecule has 0 aliphatic heterocycles. The Morgan fingerprint density at radius 2 is 2.17 bits per heavy atom. The van der Waals surface area contributed by atoms with Crippen molar-refractivity contribution in [3.8, 4) is 6.07 Å². The fraction of sp³-hybridized carbons (Fsp3) is 0.190. The van der Waals surface area contributed by atoms with Crippen LogP contribution in [0.1, 0.15) is 20.8 Å². The zero-order chi connectivity index (χ0) is 21.3. The van der Waals surface area contributed by atoms with Crippen molar-refractivity contribution in [3.05, 3.63) is 73.8 Å². The normalized spacial score (nSPS) is 11.8. The second-order valence-corrected chi connectivity index (χ2v) is 7.52. The maximum Gasteiger partial charge on any atom is 0.289 e. The number of ether oxygens (including phenoxy) is 1. The van der Waals surface area contributed by atoms with Gasteiger partial charge < -0.3 is 9.30 Å². The Morgan fingerprint density at radius 3 is 2.87 bits per heavy atom. The van der Waals surface area contributed by atoms with E-state index in [1.54, 1.807) is 41.5 Å². The van der Waals surface area contributed by atoms with Crippen LogP contribution in [0.4, 0.5) is 0 Å². The summed E-state index contributed by atoms with van der Waals surface area (Å²) >= 11 is 1.27. The number of thiophene rings is 1. The summed E-state index contributed by atoms with van der Waals surface area (Å²) in [6.07, 6.45) is 1.64. The predicted molar refractivity (Wildman–Crippen MR) is 112 cm³/mol. The summed E-state index contributed by atoms with van der Waals surface area (Å²) in [4.78, 5) is 35.1. The van der Waals surface area contributed by atoms with Gasteiger partial charge in [-0.05, 0) is 36.1 Å². The second-order valence-electron chi connectivity index (χ2n) is 6.57. The third-order valence-corrected chi connectivity index (χ3v) is 5.54. The molecule has 1 amide bonds. The Morgan fingerprint density at radius 1 is 1.33 bits per heavy atom. The fourth-order valence-corrected chi connectivity index (χ4v) is 3.84. The van der Waals surface area contributed by atoms with E-state index >= 15 is 0 Å². The van der Waals surface area contributed by atoms with Gasteiger partial charge in [-0.1, -0.05) is 12.1 Å². The molecule has 0 aliphatic rings. The minimum Gasteiger partial charge on any atom is -0.383 e. The molecule has 0 fully saturated rings. The van der Waals surface area contributed by atoms with Gasteiger partial charge in [0.05, 0.1) is 22.4 Å². The summed E-state index contributed by atoms with van der Waals surface area (Å²) in [5.41, 5.74) is 1.66. The summed E-state index contributed by atoms with van der Waals surface area (Å²) in [5.74, 6) is -0.458. The van der Waals surface area contributed by atoms with Gasteiger partial charge in [-0.15, -0.1) is 11.3 Å². The maximum absolute atomic E-state index is 13.1. The van der Waals surface area contributed by atoms with Crippen LogP contribution in [0.2, 0.25) is 0 Å². The molecular weight excluding hydrogens is 402 g/mol. The molecule has 4 rings (SSSR count). The van der Waals surface area contributed by atoms with Crippen molar-refractivity contribution in [1.29, 1.82) is 5.26 Å². The van der Waals surface area contributed by atoms with Gasteiger partial charge >= 0.3 is 0 Å². The molecule has 0 aliphatic carbocycles. The second kappa shape index (κ2) is 8.02. The highest BCUT2D eigenvalue weighted by Gasteiger charge is 2.16. The number of aromatic nitrogens is 3. The van der Waals surface area contributed by atoms with E-state index in [4.69, 9.17) is 4.74 Å². The first-order valence-electron chi connectivity index (χ1n) is 9.12. The van der Waals surface area contributed by atoms with Crippen LogP contribution >= 0.6 is 11.3 Å². The van der Waals surface area contributed by atoms with Gasteiger partial charge in [0.15, 0.2) is 5.49 Å². The van der Waals surface area contributed by atoms with Gasteiger partial charge in [-0.2, -0.15) is 10.3 Å². The van der Waals surface area contributed by atoms with Crippen molar-refractivity contribution >= 4 is 33.9 Å². The molecule has 0 bridgehead atoms. The van der Waals surface area contributed by atoms with Crippen LogP contribution in [0.15, 0.2) is 51.7 Å². The quantitative estimate of drug-likeness (QED) is 0.472. The molecule has 150 valence electrons. The largest absolute Gasteiger partial charge is 0.383 e. The van der Waals surface area contributed by atoms with Crippen molar-refractivity contribution in [3.63, 3.8) is 0 Å². The van der Waals surface area contributed by atoms with E-state index in [-0.39, 0.29) is 28.5 Å². The van der Waals surface area contributed by atoms with E-state index in [0.717, 1.165) is 5.56 Å². The Hall–Kier alpha value is -3.61. The maximum atomic E-state index is 13.1. The number of nitrogens with zero attached hydrogens (tertiary/aromatic N) is 5. The molecule has 30 heavy (non-hydrogen) atoms. The lowest BCUT2D eigenvalue weighted by atomic mass is 10.2. The van der Waals surface area contributed by atoms with Crippen molar-refractivity contribution in [2.24, 2.45) is 4.99 Å². The molecule has 9 heteroatoms. The molecule has 4 aromatic heterocycles. The summed E-state index contributed by atoms with van der Waals surface area (Å²) in [6.45, 7) is 2.43. The van der Waals surface area contributed by atoms with E-state index in [2.05, 4.69) is 16.0 Å². The molecule has 0 unspecified atom stereocenters. The Balaban J connectivity index is 2.14. The van der Waals surface area contributed by atoms with Gasteiger partial charge in [0.25, 0.3) is 11.5 Å². The Bertz CT molecular complexity index is 1440. The van der Waals surface area contributed by atoms with Crippen molar-refractivity contribution < 1.29 is 9.53 Å². The van der Waals surface area contributed by atoms with E-state index in [1.807, 2.05) is 13.0 Å². The molecule has 0 aromatic carbocycles. The van der Waals surface area contributed by atoms with Crippen LogP contribution < -0.4 is 11.0 Å². The topological polar surface area (TPSA) is 102 Å². The molecule has 0 atom stereocenters. The highest BCUT2D eigenvalue weighted by Crippen LogP contribution is 2.14. The van der Waals surface area contributed by atoms with Crippen LogP contribution in [-0.2, 0) is 11.3 Å². The van der Waals surface area contributed by atoms with Gasteiger partial charge in [0, 0.05) is 19.9 Å². The molecule has 8 nitrogen and oxygen atoms in total. The van der Waals surface area contributed by atoms with E-state index < -0.39 is 5.91 Å². The number of amides is 1. The monoisotopic (exact) mass is 419 g/mol. The number of fused-ring (bicyclic) bond motifs is 2. The zero-order valence-electron chi connectivity index (χ0n) is 16.3. The first-order valence-corrected chi connectivity index (χ1v) is 10.00. The van der Waals surface area contributed by atoms with Crippen LogP contribution in [0.25, 0.3) is 16.7 Å². The Labute approximate surface area is 175 Å². The lowest BCUT2D eigenvalue weighted by Crippen LogP contribution is -2.30. The molecule has 0 N–H and O–H groups in total. The molecule has 4 heterocycles. The lowest BCUT2D eigenvalue weighted by molar-refractivity contribution is 0.100. The first kappa shape index (κ1) is 19.7. The molecular formula is C21H17N5O3S. The molecule has 0 radical (unpaired) electrons. The van der Waals surface area contributed by atoms with Crippen molar-refractivity contribution in [2.75, 3.05) is 13.7 Å². The average Bonchev–Trinajstić information content (AvgIpc) is 3.29. The first-order chi connectivity index (χ1) is 14.5. The highest BCUT2D eigenvalue weighted by molar-refractivity contribution is 7.12.